The Balaban J connectivity index is 2.04. The topological polar surface area (TPSA) is 65.0 Å². The van der Waals surface area contributed by atoms with Gasteiger partial charge in [-0.2, -0.15) is 0 Å². The third-order valence-corrected chi connectivity index (χ3v) is 4.08. The summed E-state index contributed by atoms with van der Waals surface area (Å²) >= 11 is 0. The maximum absolute atomic E-state index is 12.5. The first-order valence-electron chi connectivity index (χ1n) is 7.45. The van der Waals surface area contributed by atoms with Crippen molar-refractivity contribution < 1.29 is 24.1 Å². The highest BCUT2D eigenvalue weighted by molar-refractivity contribution is 6.16. The number of hydrogen-bond acceptors (Lipinski definition) is 5. The number of fused-ring (bicyclic) bond motifs is 1. The number of aromatic hydroxyl groups is 1. The van der Waals surface area contributed by atoms with Crippen LogP contribution >= 0.6 is 0 Å². The van der Waals surface area contributed by atoms with Crippen LogP contribution in [0.4, 0.5) is 0 Å². The molecule has 1 aliphatic carbocycles. The maximum Gasteiger partial charge on any atom is 0.203 e. The van der Waals surface area contributed by atoms with E-state index in [1.54, 1.807) is 57.7 Å². The van der Waals surface area contributed by atoms with E-state index in [4.69, 9.17) is 14.2 Å². The summed E-state index contributed by atoms with van der Waals surface area (Å²) in [5.74, 6) is 1.62. The van der Waals surface area contributed by atoms with Crippen molar-refractivity contribution in [3.63, 3.8) is 0 Å². The number of ketones is 1. The van der Waals surface area contributed by atoms with E-state index < -0.39 is 0 Å². The molecule has 0 radical (unpaired) electrons. The lowest BCUT2D eigenvalue weighted by molar-refractivity contribution is 0.104. The number of Topliss-reactive ketones (excluding diaryl/α,β-unsaturated/α-hetero) is 1. The summed E-state index contributed by atoms with van der Waals surface area (Å²) in [5.41, 5.74) is 2.59. The van der Waals surface area contributed by atoms with E-state index in [9.17, 15) is 9.90 Å². The van der Waals surface area contributed by atoms with Crippen molar-refractivity contribution in [2.24, 2.45) is 0 Å². The van der Waals surface area contributed by atoms with Crippen LogP contribution in [0.5, 0.6) is 23.0 Å². The molecule has 0 amide bonds. The Kier molecular flexibility index (Phi) is 4.16. The van der Waals surface area contributed by atoms with Crippen molar-refractivity contribution in [3.05, 3.63) is 52.6 Å². The number of carbonyl (C=O) groups is 1. The van der Waals surface area contributed by atoms with E-state index in [2.05, 4.69) is 0 Å². The minimum Gasteiger partial charge on any atom is -0.508 e. The minimum absolute atomic E-state index is 0.0744. The summed E-state index contributed by atoms with van der Waals surface area (Å²) < 4.78 is 16.0. The Morgan fingerprint density at radius 3 is 2.25 bits per heavy atom. The predicted molar refractivity (Wildman–Crippen MR) is 90.2 cm³/mol. The van der Waals surface area contributed by atoms with Crippen molar-refractivity contribution >= 4 is 11.9 Å². The van der Waals surface area contributed by atoms with Gasteiger partial charge in [-0.05, 0) is 29.8 Å². The van der Waals surface area contributed by atoms with Crippen LogP contribution in [0.2, 0.25) is 0 Å². The predicted octanol–water partition coefficient (Wildman–Crippen LogP) is 3.24. The zero-order valence-corrected chi connectivity index (χ0v) is 13.8. The summed E-state index contributed by atoms with van der Waals surface area (Å²) in [6.07, 6.45) is 2.18. The quantitative estimate of drug-likeness (QED) is 0.874. The van der Waals surface area contributed by atoms with Gasteiger partial charge in [-0.25, -0.2) is 0 Å². The molecule has 0 saturated heterocycles. The van der Waals surface area contributed by atoms with Crippen molar-refractivity contribution in [1.82, 2.24) is 0 Å². The lowest BCUT2D eigenvalue weighted by atomic mass is 10.1. The molecule has 0 bridgehead atoms. The van der Waals surface area contributed by atoms with Crippen molar-refractivity contribution in [2.75, 3.05) is 21.3 Å². The lowest BCUT2D eigenvalue weighted by Gasteiger charge is -2.13. The molecule has 24 heavy (non-hydrogen) atoms. The first-order chi connectivity index (χ1) is 11.6. The average molecular weight is 326 g/mol. The summed E-state index contributed by atoms with van der Waals surface area (Å²) in [7, 11) is 4.63. The number of rotatable bonds is 4. The molecule has 0 fully saturated rings. The van der Waals surface area contributed by atoms with Crippen LogP contribution in [0.3, 0.4) is 0 Å². The smallest absolute Gasteiger partial charge is 0.203 e. The van der Waals surface area contributed by atoms with E-state index in [-0.39, 0.29) is 11.5 Å². The molecule has 0 heterocycles. The lowest BCUT2D eigenvalue weighted by Crippen LogP contribution is -1.97. The second-order valence-electron chi connectivity index (χ2n) is 5.44. The highest BCUT2D eigenvalue weighted by atomic mass is 16.5. The number of allylic oxidation sites excluding steroid dienone is 1. The van der Waals surface area contributed by atoms with E-state index >= 15 is 0 Å². The molecule has 0 unspecified atom stereocenters. The third kappa shape index (κ3) is 2.58. The van der Waals surface area contributed by atoms with Crippen molar-refractivity contribution in [2.45, 2.75) is 6.42 Å². The Morgan fingerprint density at radius 1 is 1.04 bits per heavy atom. The third-order valence-electron chi connectivity index (χ3n) is 4.08. The zero-order valence-electron chi connectivity index (χ0n) is 13.8. The molecule has 5 nitrogen and oxygen atoms in total. The minimum atomic E-state index is -0.0744. The molecule has 1 N–H and O–H groups in total. The summed E-state index contributed by atoms with van der Waals surface area (Å²) in [6.45, 7) is 0. The highest BCUT2D eigenvalue weighted by Gasteiger charge is 2.27. The molecule has 0 aliphatic heterocycles. The standard InChI is InChI=1S/C19H18O5/c1-22-16-8-11(9-17(23-2)19(16)24-3)7-12-10-14-13(18(12)21)5-4-6-15(14)20/h4-9,20H,10H2,1-3H3. The number of carbonyl (C=O) groups excluding carboxylic acids is 1. The van der Waals surface area contributed by atoms with Gasteiger partial charge >= 0.3 is 0 Å². The summed E-state index contributed by atoms with van der Waals surface area (Å²) in [4.78, 5) is 12.5. The van der Waals surface area contributed by atoms with Crippen LogP contribution in [0.15, 0.2) is 35.9 Å². The van der Waals surface area contributed by atoms with E-state index in [1.807, 2.05) is 0 Å². The second-order valence-corrected chi connectivity index (χ2v) is 5.44. The van der Waals surface area contributed by atoms with Crippen LogP contribution < -0.4 is 14.2 Å². The highest BCUT2D eigenvalue weighted by Crippen LogP contribution is 2.40. The normalized spacial score (nSPS) is 14.6. The van der Waals surface area contributed by atoms with E-state index in [0.717, 1.165) is 5.56 Å². The number of benzene rings is 2. The number of methoxy groups -OCH3 is 3. The summed E-state index contributed by atoms with van der Waals surface area (Å²) in [6, 6.07) is 8.56. The van der Waals surface area contributed by atoms with Gasteiger partial charge in [0.1, 0.15) is 5.75 Å². The molecule has 0 saturated carbocycles. The van der Waals surface area contributed by atoms with Crippen molar-refractivity contribution in [3.8, 4) is 23.0 Å². The monoisotopic (exact) mass is 326 g/mol. The van der Waals surface area contributed by atoms with Crippen LogP contribution in [0, 0.1) is 0 Å². The molecule has 124 valence electrons. The Hall–Kier alpha value is -2.95. The Labute approximate surface area is 140 Å². The van der Waals surface area contributed by atoms with Gasteiger partial charge in [0.25, 0.3) is 0 Å². The molecule has 1 aliphatic rings. The fourth-order valence-corrected chi connectivity index (χ4v) is 2.92. The number of hydrogen-bond donors (Lipinski definition) is 1. The Bertz CT molecular complexity index is 811. The van der Waals surface area contributed by atoms with Gasteiger partial charge in [0, 0.05) is 23.1 Å². The Morgan fingerprint density at radius 2 is 1.71 bits per heavy atom. The SMILES string of the molecule is COc1cc(C=C2Cc3c(O)cccc3C2=O)cc(OC)c1OC. The fraction of sp³-hybridized carbons (Fsp3) is 0.211. The van der Waals surface area contributed by atoms with Gasteiger partial charge in [0.05, 0.1) is 21.3 Å². The van der Waals surface area contributed by atoms with Gasteiger partial charge < -0.3 is 19.3 Å². The number of phenols is 1. The van der Waals surface area contributed by atoms with Gasteiger partial charge in [0.2, 0.25) is 5.75 Å². The zero-order chi connectivity index (χ0) is 17.3. The van der Waals surface area contributed by atoms with Crippen LogP contribution in [0.25, 0.3) is 6.08 Å². The average Bonchev–Trinajstić information content (AvgIpc) is 2.91. The number of phenolic OH excluding ortho intramolecular Hbond substituents is 1. The van der Waals surface area contributed by atoms with Crippen LogP contribution in [-0.2, 0) is 6.42 Å². The fourth-order valence-electron chi connectivity index (χ4n) is 2.92. The van der Waals surface area contributed by atoms with Crippen LogP contribution in [0.1, 0.15) is 21.5 Å². The summed E-state index contributed by atoms with van der Waals surface area (Å²) in [5, 5.41) is 9.93. The van der Waals surface area contributed by atoms with Gasteiger partial charge in [0.15, 0.2) is 17.3 Å². The molecule has 0 atom stereocenters. The van der Waals surface area contributed by atoms with E-state index in [1.165, 1.54) is 0 Å². The maximum atomic E-state index is 12.5. The van der Waals surface area contributed by atoms with Gasteiger partial charge in [-0.15, -0.1) is 0 Å². The molecule has 0 aromatic heterocycles. The molecule has 2 aromatic rings. The first kappa shape index (κ1) is 15.9. The number of ether oxygens (including phenoxy) is 3. The molecular formula is C19H18O5. The van der Waals surface area contributed by atoms with E-state index in [0.29, 0.717) is 40.4 Å². The van der Waals surface area contributed by atoms with Crippen molar-refractivity contribution in [1.29, 1.82) is 0 Å². The van der Waals surface area contributed by atoms with Gasteiger partial charge in [-0.1, -0.05) is 12.1 Å². The second kappa shape index (κ2) is 6.28. The van der Waals surface area contributed by atoms with Crippen LogP contribution in [-0.4, -0.2) is 32.2 Å². The largest absolute Gasteiger partial charge is 0.508 e. The molecular weight excluding hydrogens is 308 g/mol. The van der Waals surface area contributed by atoms with Gasteiger partial charge in [-0.3, -0.25) is 4.79 Å². The molecule has 5 heteroatoms. The molecule has 0 spiro atoms. The first-order valence-corrected chi connectivity index (χ1v) is 7.45. The molecule has 2 aromatic carbocycles. The molecule has 3 rings (SSSR count).